The van der Waals surface area contributed by atoms with E-state index >= 15 is 0 Å². The van der Waals surface area contributed by atoms with Crippen molar-refractivity contribution in [2.24, 2.45) is 0 Å². The van der Waals surface area contributed by atoms with Crippen LogP contribution in [0.5, 0.6) is 0 Å². The molecule has 2 amide bonds. The first-order valence-corrected chi connectivity index (χ1v) is 9.93. The molecule has 0 radical (unpaired) electrons. The highest BCUT2D eigenvalue weighted by molar-refractivity contribution is 6.08. The summed E-state index contributed by atoms with van der Waals surface area (Å²) in [6, 6.07) is 17.5. The van der Waals surface area contributed by atoms with Crippen molar-refractivity contribution < 1.29 is 24.0 Å². The number of anilines is 2. The Hall–Kier alpha value is -4.53. The molecule has 2 N–H and O–H groups in total. The molecule has 0 atom stereocenters. The molecule has 0 fully saturated rings. The fraction of sp³-hybridized carbons (Fsp3) is 0.125. The fourth-order valence-corrected chi connectivity index (χ4v) is 3.04. The van der Waals surface area contributed by atoms with E-state index in [1.807, 2.05) is 13.0 Å². The second-order valence-corrected chi connectivity index (χ2v) is 7.25. The zero-order valence-electron chi connectivity index (χ0n) is 18.0. The van der Waals surface area contributed by atoms with Gasteiger partial charge in [0.15, 0.2) is 6.61 Å². The van der Waals surface area contributed by atoms with Crippen LogP contribution in [0.4, 0.5) is 17.1 Å². The van der Waals surface area contributed by atoms with Gasteiger partial charge in [0.05, 0.1) is 16.2 Å². The maximum absolute atomic E-state index is 12.5. The average Bonchev–Trinajstić information content (AvgIpc) is 2.79. The molecule has 9 heteroatoms. The summed E-state index contributed by atoms with van der Waals surface area (Å²) in [6.45, 7) is 2.84. The Morgan fingerprint density at radius 2 is 1.70 bits per heavy atom. The molecule has 168 valence electrons. The van der Waals surface area contributed by atoms with Crippen LogP contribution in [0.3, 0.4) is 0 Å². The van der Waals surface area contributed by atoms with Crippen molar-refractivity contribution in [1.82, 2.24) is 0 Å². The Kier molecular flexibility index (Phi) is 7.14. The number of carbonyl (C=O) groups is 3. The Morgan fingerprint density at radius 1 is 0.939 bits per heavy atom. The van der Waals surface area contributed by atoms with E-state index in [0.717, 1.165) is 5.56 Å². The zero-order chi connectivity index (χ0) is 24.0. The molecule has 3 rings (SSSR count). The Balaban J connectivity index is 1.64. The van der Waals surface area contributed by atoms with Gasteiger partial charge in [0.2, 0.25) is 0 Å². The number of nitrogens with zero attached hydrogens (tertiary/aromatic N) is 1. The SMILES string of the molecule is Cc1cccc(C(=O)Nc2ccccc2C(=O)OCC(=O)Nc2ccc(C)c([N+](=O)[O-])c2)c1. The summed E-state index contributed by atoms with van der Waals surface area (Å²) >= 11 is 0. The molecule has 0 aliphatic carbocycles. The van der Waals surface area contributed by atoms with Gasteiger partial charge >= 0.3 is 5.97 Å². The summed E-state index contributed by atoms with van der Waals surface area (Å²) in [5.41, 5.74) is 2.20. The molecule has 0 aliphatic heterocycles. The minimum atomic E-state index is -0.805. The first kappa shape index (κ1) is 23.1. The van der Waals surface area contributed by atoms with E-state index in [1.54, 1.807) is 43.3 Å². The standard InChI is InChI=1S/C24H21N3O6/c1-15-6-5-7-17(12-15)23(29)26-20-9-4-3-8-19(20)24(30)33-14-22(28)25-18-11-10-16(2)21(13-18)27(31)32/h3-13H,14H2,1-2H3,(H,25,28)(H,26,29). The zero-order valence-corrected chi connectivity index (χ0v) is 18.0. The highest BCUT2D eigenvalue weighted by Gasteiger charge is 2.17. The smallest absolute Gasteiger partial charge is 0.340 e. The molecule has 0 saturated carbocycles. The van der Waals surface area contributed by atoms with Crippen LogP contribution >= 0.6 is 0 Å². The van der Waals surface area contributed by atoms with Crippen LogP contribution in [-0.4, -0.2) is 29.3 Å². The molecule has 0 saturated heterocycles. The predicted octanol–water partition coefficient (Wildman–Crippen LogP) is 4.26. The van der Waals surface area contributed by atoms with Gasteiger partial charge in [0, 0.05) is 22.9 Å². The van der Waals surface area contributed by atoms with Crippen molar-refractivity contribution in [3.63, 3.8) is 0 Å². The molecule has 0 aromatic heterocycles. The summed E-state index contributed by atoms with van der Waals surface area (Å²) in [4.78, 5) is 47.7. The number of amides is 2. The van der Waals surface area contributed by atoms with Crippen LogP contribution in [0.25, 0.3) is 0 Å². The van der Waals surface area contributed by atoms with E-state index in [2.05, 4.69) is 10.6 Å². The van der Waals surface area contributed by atoms with Gasteiger partial charge in [0.1, 0.15) is 0 Å². The number of hydrogen-bond acceptors (Lipinski definition) is 6. The maximum atomic E-state index is 12.5. The molecule has 0 spiro atoms. The number of esters is 1. The number of hydrogen-bond donors (Lipinski definition) is 2. The van der Waals surface area contributed by atoms with Crippen LogP contribution < -0.4 is 10.6 Å². The molecule has 3 aromatic carbocycles. The van der Waals surface area contributed by atoms with Gasteiger partial charge in [-0.2, -0.15) is 0 Å². The fourth-order valence-electron chi connectivity index (χ4n) is 3.04. The number of para-hydroxylation sites is 1. The normalized spacial score (nSPS) is 10.2. The minimum Gasteiger partial charge on any atom is -0.452 e. The van der Waals surface area contributed by atoms with Crippen LogP contribution in [0.15, 0.2) is 66.7 Å². The number of carbonyl (C=O) groups excluding carboxylic acids is 3. The van der Waals surface area contributed by atoms with Gasteiger partial charge in [-0.15, -0.1) is 0 Å². The number of ether oxygens (including phenoxy) is 1. The minimum absolute atomic E-state index is 0.0808. The topological polar surface area (TPSA) is 128 Å². The second-order valence-electron chi connectivity index (χ2n) is 7.25. The lowest BCUT2D eigenvalue weighted by Gasteiger charge is -2.11. The lowest BCUT2D eigenvalue weighted by molar-refractivity contribution is -0.385. The Bertz CT molecular complexity index is 1240. The van der Waals surface area contributed by atoms with Crippen molar-refractivity contribution in [2.75, 3.05) is 17.2 Å². The van der Waals surface area contributed by atoms with Crippen molar-refractivity contribution in [3.8, 4) is 0 Å². The van der Waals surface area contributed by atoms with Crippen LogP contribution in [-0.2, 0) is 9.53 Å². The predicted molar refractivity (Wildman–Crippen MR) is 122 cm³/mol. The molecule has 0 bridgehead atoms. The highest BCUT2D eigenvalue weighted by Crippen LogP contribution is 2.22. The number of nitro benzene ring substituents is 1. The number of benzene rings is 3. The molecule has 3 aromatic rings. The molecular weight excluding hydrogens is 426 g/mol. The number of aryl methyl sites for hydroxylation is 2. The molecular formula is C24H21N3O6. The van der Waals surface area contributed by atoms with E-state index in [9.17, 15) is 24.5 Å². The van der Waals surface area contributed by atoms with Gasteiger partial charge in [-0.3, -0.25) is 19.7 Å². The third-order valence-corrected chi connectivity index (χ3v) is 4.70. The molecule has 33 heavy (non-hydrogen) atoms. The van der Waals surface area contributed by atoms with Gasteiger partial charge < -0.3 is 15.4 Å². The summed E-state index contributed by atoms with van der Waals surface area (Å²) in [5.74, 6) is -1.86. The van der Waals surface area contributed by atoms with E-state index in [0.29, 0.717) is 11.1 Å². The Morgan fingerprint density at radius 3 is 2.42 bits per heavy atom. The molecule has 0 heterocycles. The van der Waals surface area contributed by atoms with Crippen molar-refractivity contribution in [3.05, 3.63) is 99.1 Å². The van der Waals surface area contributed by atoms with Crippen molar-refractivity contribution in [1.29, 1.82) is 0 Å². The van der Waals surface area contributed by atoms with E-state index in [-0.39, 0.29) is 22.6 Å². The third kappa shape index (κ3) is 6.01. The van der Waals surface area contributed by atoms with E-state index in [4.69, 9.17) is 4.74 Å². The van der Waals surface area contributed by atoms with Gasteiger partial charge in [-0.25, -0.2) is 4.79 Å². The number of nitro groups is 1. The van der Waals surface area contributed by atoms with Crippen LogP contribution in [0.1, 0.15) is 31.8 Å². The second kappa shape index (κ2) is 10.2. The Labute approximate surface area is 189 Å². The first-order chi connectivity index (χ1) is 15.7. The van der Waals surface area contributed by atoms with E-state index in [1.165, 1.54) is 24.3 Å². The highest BCUT2D eigenvalue weighted by atomic mass is 16.6. The van der Waals surface area contributed by atoms with Gasteiger partial charge in [-0.05, 0) is 44.2 Å². The third-order valence-electron chi connectivity index (χ3n) is 4.70. The van der Waals surface area contributed by atoms with Crippen LogP contribution in [0.2, 0.25) is 0 Å². The lowest BCUT2D eigenvalue weighted by Crippen LogP contribution is -2.22. The van der Waals surface area contributed by atoms with Crippen molar-refractivity contribution in [2.45, 2.75) is 13.8 Å². The molecule has 9 nitrogen and oxygen atoms in total. The molecule has 0 unspecified atom stereocenters. The number of nitrogens with one attached hydrogen (secondary N) is 2. The van der Waals surface area contributed by atoms with Crippen molar-refractivity contribution >= 4 is 34.8 Å². The first-order valence-electron chi connectivity index (χ1n) is 9.93. The number of rotatable bonds is 7. The summed E-state index contributed by atoms with van der Waals surface area (Å²) in [7, 11) is 0. The lowest BCUT2D eigenvalue weighted by atomic mass is 10.1. The monoisotopic (exact) mass is 447 g/mol. The van der Waals surface area contributed by atoms with E-state index < -0.39 is 29.3 Å². The quantitative estimate of drug-likeness (QED) is 0.316. The average molecular weight is 447 g/mol. The summed E-state index contributed by atoms with van der Waals surface area (Å²) < 4.78 is 5.07. The summed E-state index contributed by atoms with van der Waals surface area (Å²) in [5, 5.41) is 16.2. The summed E-state index contributed by atoms with van der Waals surface area (Å²) in [6.07, 6.45) is 0. The van der Waals surface area contributed by atoms with Gasteiger partial charge in [-0.1, -0.05) is 35.9 Å². The maximum Gasteiger partial charge on any atom is 0.340 e. The van der Waals surface area contributed by atoms with Gasteiger partial charge in [0.25, 0.3) is 17.5 Å². The largest absolute Gasteiger partial charge is 0.452 e. The molecule has 0 aliphatic rings. The van der Waals surface area contributed by atoms with Crippen LogP contribution in [0, 0.1) is 24.0 Å².